The molecule has 4 rings (SSSR count). The van der Waals surface area contributed by atoms with Gasteiger partial charge < -0.3 is 9.88 Å². The first-order chi connectivity index (χ1) is 15.0. The molecule has 0 spiro atoms. The Morgan fingerprint density at radius 3 is 2.61 bits per heavy atom. The summed E-state index contributed by atoms with van der Waals surface area (Å²) < 4.78 is 3.25. The maximum atomic E-state index is 12.9. The molecule has 0 radical (unpaired) electrons. The Morgan fingerprint density at radius 1 is 1.06 bits per heavy atom. The topological polar surface area (TPSA) is 94.2 Å². The van der Waals surface area contributed by atoms with Crippen molar-refractivity contribution in [1.29, 1.82) is 0 Å². The molecule has 0 aliphatic heterocycles. The van der Waals surface area contributed by atoms with Crippen LogP contribution < -0.4 is 10.9 Å². The first-order valence-electron chi connectivity index (χ1n) is 10.2. The van der Waals surface area contributed by atoms with Gasteiger partial charge in [0.1, 0.15) is 6.54 Å². The number of pyridine rings is 1. The minimum atomic E-state index is -0.330. The van der Waals surface area contributed by atoms with Crippen molar-refractivity contribution in [2.75, 3.05) is 0 Å². The zero-order chi connectivity index (χ0) is 21.8. The van der Waals surface area contributed by atoms with Crippen LogP contribution in [0.1, 0.15) is 32.1 Å². The highest BCUT2D eigenvalue weighted by molar-refractivity contribution is 5.76. The number of aromatic nitrogens is 5. The third-order valence-corrected chi connectivity index (χ3v) is 4.95. The molecule has 1 N–H and O–H groups in total. The molecule has 0 fully saturated rings. The van der Waals surface area contributed by atoms with Crippen molar-refractivity contribution in [2.24, 2.45) is 5.92 Å². The maximum absolute atomic E-state index is 12.9. The van der Waals surface area contributed by atoms with Gasteiger partial charge in [-0.15, -0.1) is 10.2 Å². The predicted molar refractivity (Wildman–Crippen MR) is 117 cm³/mol. The monoisotopic (exact) mass is 416 g/mol. The van der Waals surface area contributed by atoms with E-state index in [4.69, 9.17) is 0 Å². The average molecular weight is 416 g/mol. The molecule has 0 saturated heterocycles. The Bertz CT molecular complexity index is 1250. The minimum absolute atomic E-state index is 0.105. The molecule has 31 heavy (non-hydrogen) atoms. The standard InChI is InChI=1S/C23H24N6O2/c1-16(2)12-18(23-27-26-20-10-6-7-11-29(20)23)25-21(30)15-28-14-19(24-13-22(28)31)17-8-4-3-5-9-17/h3-11,13-14,16,18H,12,15H2,1-2H3,(H,25,30)/t18-/m1/s1. The van der Waals surface area contributed by atoms with Gasteiger partial charge in [0, 0.05) is 18.0 Å². The Labute approximate surface area is 179 Å². The number of carbonyl (C=O) groups is 1. The molecule has 8 heteroatoms. The molecule has 1 amide bonds. The van der Waals surface area contributed by atoms with Gasteiger partial charge in [-0.25, -0.2) is 4.98 Å². The van der Waals surface area contributed by atoms with E-state index in [1.165, 1.54) is 10.8 Å². The first kappa shape index (κ1) is 20.5. The largest absolute Gasteiger partial charge is 0.344 e. The van der Waals surface area contributed by atoms with E-state index < -0.39 is 0 Å². The minimum Gasteiger partial charge on any atom is -0.344 e. The molecule has 0 aliphatic carbocycles. The summed E-state index contributed by atoms with van der Waals surface area (Å²) in [5.41, 5.74) is 1.90. The molecule has 0 saturated carbocycles. The van der Waals surface area contributed by atoms with E-state index in [1.807, 2.05) is 59.1 Å². The zero-order valence-electron chi connectivity index (χ0n) is 17.5. The Balaban J connectivity index is 1.57. The molecule has 4 aromatic rings. The fraction of sp³-hybridized carbons (Fsp3) is 0.261. The summed E-state index contributed by atoms with van der Waals surface area (Å²) in [6.45, 7) is 4.07. The third kappa shape index (κ3) is 4.69. The molecule has 1 atom stereocenters. The molecular weight excluding hydrogens is 392 g/mol. The van der Waals surface area contributed by atoms with Crippen molar-refractivity contribution >= 4 is 11.6 Å². The van der Waals surface area contributed by atoms with Crippen molar-refractivity contribution in [1.82, 2.24) is 29.5 Å². The fourth-order valence-electron chi connectivity index (χ4n) is 3.52. The Hall–Kier alpha value is -3.81. The van der Waals surface area contributed by atoms with Gasteiger partial charge >= 0.3 is 0 Å². The number of benzene rings is 1. The first-order valence-corrected chi connectivity index (χ1v) is 10.2. The van der Waals surface area contributed by atoms with Crippen molar-refractivity contribution in [3.63, 3.8) is 0 Å². The lowest BCUT2D eigenvalue weighted by molar-refractivity contribution is -0.122. The number of rotatable bonds is 7. The van der Waals surface area contributed by atoms with E-state index in [9.17, 15) is 9.59 Å². The molecule has 3 heterocycles. The third-order valence-electron chi connectivity index (χ3n) is 4.95. The summed E-state index contributed by atoms with van der Waals surface area (Å²) in [5, 5.41) is 11.5. The Kier molecular flexibility index (Phi) is 5.88. The highest BCUT2D eigenvalue weighted by Gasteiger charge is 2.22. The second-order valence-electron chi connectivity index (χ2n) is 7.84. The SMILES string of the molecule is CC(C)C[C@@H](NC(=O)Cn1cc(-c2ccccc2)ncc1=O)c1nnc2ccccn12. The van der Waals surface area contributed by atoms with Gasteiger partial charge in [0.15, 0.2) is 11.5 Å². The second kappa shape index (κ2) is 8.91. The summed E-state index contributed by atoms with van der Waals surface area (Å²) in [7, 11) is 0. The number of carbonyl (C=O) groups excluding carboxylic acids is 1. The summed E-state index contributed by atoms with van der Waals surface area (Å²) in [6, 6.07) is 14.9. The summed E-state index contributed by atoms with van der Waals surface area (Å²) >= 11 is 0. The smallest absolute Gasteiger partial charge is 0.269 e. The van der Waals surface area contributed by atoms with Gasteiger partial charge in [0.05, 0.1) is 17.9 Å². The van der Waals surface area contributed by atoms with E-state index in [0.29, 0.717) is 23.9 Å². The van der Waals surface area contributed by atoms with Crippen LogP contribution in [0.4, 0.5) is 0 Å². The van der Waals surface area contributed by atoms with Crippen LogP contribution in [0.15, 0.2) is 71.9 Å². The van der Waals surface area contributed by atoms with E-state index in [0.717, 1.165) is 11.2 Å². The lowest BCUT2D eigenvalue weighted by Gasteiger charge is -2.19. The van der Waals surface area contributed by atoms with Gasteiger partial charge in [-0.1, -0.05) is 50.2 Å². The van der Waals surface area contributed by atoms with Crippen LogP contribution >= 0.6 is 0 Å². The van der Waals surface area contributed by atoms with Crippen molar-refractivity contribution in [3.8, 4) is 11.3 Å². The number of fused-ring (bicyclic) bond motifs is 1. The number of nitrogens with one attached hydrogen (secondary N) is 1. The summed E-state index contributed by atoms with van der Waals surface area (Å²) in [5.74, 6) is 0.727. The maximum Gasteiger partial charge on any atom is 0.269 e. The van der Waals surface area contributed by atoms with E-state index >= 15 is 0 Å². The van der Waals surface area contributed by atoms with E-state index in [-0.39, 0.29) is 24.1 Å². The number of nitrogens with zero attached hydrogens (tertiary/aromatic N) is 5. The molecule has 1 aromatic carbocycles. The molecule has 0 bridgehead atoms. The number of hydrogen-bond donors (Lipinski definition) is 1. The normalized spacial score (nSPS) is 12.2. The lowest BCUT2D eigenvalue weighted by Crippen LogP contribution is -2.36. The molecule has 0 unspecified atom stereocenters. The summed E-state index contributed by atoms with van der Waals surface area (Å²) in [4.78, 5) is 29.4. The van der Waals surface area contributed by atoms with Gasteiger partial charge in [-0.2, -0.15) is 0 Å². The van der Waals surface area contributed by atoms with Crippen LogP contribution in [-0.4, -0.2) is 30.1 Å². The highest BCUT2D eigenvalue weighted by atomic mass is 16.2. The second-order valence-corrected chi connectivity index (χ2v) is 7.84. The molecule has 158 valence electrons. The molecule has 8 nitrogen and oxygen atoms in total. The van der Waals surface area contributed by atoms with E-state index in [1.54, 1.807) is 6.20 Å². The van der Waals surface area contributed by atoms with Crippen LogP contribution in [0.5, 0.6) is 0 Å². The fourth-order valence-corrected chi connectivity index (χ4v) is 3.52. The molecule has 3 aromatic heterocycles. The predicted octanol–water partition coefficient (Wildman–Crippen LogP) is 2.86. The van der Waals surface area contributed by atoms with Crippen molar-refractivity contribution in [3.05, 3.63) is 83.3 Å². The van der Waals surface area contributed by atoms with Gasteiger partial charge in [-0.3, -0.25) is 14.0 Å². The zero-order valence-corrected chi connectivity index (χ0v) is 17.5. The van der Waals surface area contributed by atoms with Crippen molar-refractivity contribution in [2.45, 2.75) is 32.9 Å². The van der Waals surface area contributed by atoms with Crippen LogP contribution in [0.2, 0.25) is 0 Å². The van der Waals surface area contributed by atoms with Crippen LogP contribution in [0.25, 0.3) is 16.9 Å². The number of amides is 1. The Morgan fingerprint density at radius 2 is 1.84 bits per heavy atom. The van der Waals surface area contributed by atoms with E-state index in [2.05, 4.69) is 34.3 Å². The number of hydrogen-bond acceptors (Lipinski definition) is 5. The average Bonchev–Trinajstić information content (AvgIpc) is 3.19. The molecular formula is C23H24N6O2. The van der Waals surface area contributed by atoms with Gasteiger partial charge in [0.2, 0.25) is 5.91 Å². The van der Waals surface area contributed by atoms with Crippen LogP contribution in [-0.2, 0) is 11.3 Å². The van der Waals surface area contributed by atoms with Crippen LogP contribution in [0.3, 0.4) is 0 Å². The van der Waals surface area contributed by atoms with Gasteiger partial charge in [-0.05, 0) is 24.5 Å². The molecule has 0 aliphatic rings. The lowest BCUT2D eigenvalue weighted by atomic mass is 10.0. The van der Waals surface area contributed by atoms with Gasteiger partial charge in [0.25, 0.3) is 5.56 Å². The quantitative estimate of drug-likeness (QED) is 0.500. The summed E-state index contributed by atoms with van der Waals surface area (Å²) in [6.07, 6.45) is 5.43. The highest BCUT2D eigenvalue weighted by Crippen LogP contribution is 2.21. The van der Waals surface area contributed by atoms with Crippen molar-refractivity contribution < 1.29 is 4.79 Å². The van der Waals surface area contributed by atoms with Crippen LogP contribution in [0, 0.1) is 5.92 Å².